The molecule has 0 fully saturated rings. The van der Waals surface area contributed by atoms with Gasteiger partial charge in [-0.05, 0) is 89.9 Å². The Morgan fingerprint density at radius 3 is 1.75 bits per heavy atom. The molecule has 1 aliphatic carbocycles. The van der Waals surface area contributed by atoms with Gasteiger partial charge in [-0.15, -0.1) is 6.58 Å². The molecule has 7 aromatic rings. The molecule has 8 rings (SSSR count). The van der Waals surface area contributed by atoms with Crippen LogP contribution in [-0.4, -0.2) is 0 Å². The maximum absolute atomic E-state index is 5.48. The molecule has 1 heteroatoms. The molecule has 1 heterocycles. The highest BCUT2D eigenvalue weighted by atomic mass is 16.3. The zero-order valence-corrected chi connectivity index (χ0v) is 28.1. The van der Waals surface area contributed by atoms with Crippen molar-refractivity contribution >= 4 is 17.0 Å². The van der Waals surface area contributed by atoms with Crippen LogP contribution in [0.1, 0.15) is 50.3 Å². The molecule has 1 aromatic heterocycles. The van der Waals surface area contributed by atoms with Crippen molar-refractivity contribution in [3.05, 3.63) is 221 Å². The van der Waals surface area contributed by atoms with Crippen molar-refractivity contribution in [2.45, 2.75) is 32.6 Å². The number of fused-ring (bicyclic) bond motifs is 4. The smallest absolute Gasteiger partial charge is 0.135 e. The third-order valence-electron chi connectivity index (χ3n) is 9.01. The van der Waals surface area contributed by atoms with E-state index in [1.807, 2.05) is 18.2 Å². The van der Waals surface area contributed by atoms with E-state index in [-0.39, 0.29) is 5.41 Å². The Bertz CT molecular complexity index is 2110. The van der Waals surface area contributed by atoms with Crippen LogP contribution in [-0.2, 0) is 11.8 Å². The molecule has 48 heavy (non-hydrogen) atoms. The van der Waals surface area contributed by atoms with Crippen LogP contribution < -0.4 is 0 Å². The summed E-state index contributed by atoms with van der Waals surface area (Å²) in [4.78, 5) is 0. The van der Waals surface area contributed by atoms with Crippen molar-refractivity contribution in [2.75, 3.05) is 0 Å². The topological polar surface area (TPSA) is 13.1 Å². The number of benzene rings is 6. The van der Waals surface area contributed by atoms with Crippen molar-refractivity contribution in [3.8, 4) is 11.1 Å². The molecule has 0 aliphatic heterocycles. The predicted octanol–water partition coefficient (Wildman–Crippen LogP) is 12.5. The van der Waals surface area contributed by atoms with Crippen LogP contribution in [0.3, 0.4) is 0 Å². The first kappa shape index (κ1) is 32.3. The average molecular weight is 623 g/mol. The standard InChI is InChI=1S/C26H20.C11H10O.C10H12/c1-19-16-17-23-22-14-8-9-15-24(22)26(25(23)18-19,20-10-4-2-5-11-20)21-12-6-3-7-13-21;1-3-10-7-9-5-4-8(2)6-11(9)12-10;1-3-4-10-7-5-9(2)6-8-10/h2-18H,1H3;3-7H,1H2,2H3;3,5-8H,1,4H2,2H3. The second-order valence-corrected chi connectivity index (χ2v) is 12.4. The summed E-state index contributed by atoms with van der Waals surface area (Å²) in [5.74, 6) is 0.829. The third kappa shape index (κ3) is 6.46. The van der Waals surface area contributed by atoms with Crippen LogP contribution >= 0.6 is 0 Å². The number of aryl methyl sites for hydroxylation is 3. The first-order chi connectivity index (χ1) is 23.4. The third-order valence-corrected chi connectivity index (χ3v) is 9.01. The number of allylic oxidation sites excluding steroid dienone is 1. The summed E-state index contributed by atoms with van der Waals surface area (Å²) in [5.41, 5.74) is 13.9. The van der Waals surface area contributed by atoms with Gasteiger partial charge in [0.25, 0.3) is 0 Å². The summed E-state index contributed by atoms with van der Waals surface area (Å²) in [5, 5.41) is 1.13. The normalized spacial score (nSPS) is 12.1. The Morgan fingerprint density at radius 2 is 1.10 bits per heavy atom. The van der Waals surface area contributed by atoms with Gasteiger partial charge in [0, 0.05) is 5.39 Å². The largest absolute Gasteiger partial charge is 0.457 e. The van der Waals surface area contributed by atoms with Gasteiger partial charge in [-0.3, -0.25) is 0 Å². The molecule has 0 unspecified atom stereocenters. The molecule has 0 radical (unpaired) electrons. The minimum Gasteiger partial charge on any atom is -0.457 e. The van der Waals surface area contributed by atoms with Gasteiger partial charge in [-0.1, -0.05) is 163 Å². The van der Waals surface area contributed by atoms with Gasteiger partial charge in [-0.25, -0.2) is 0 Å². The lowest BCUT2D eigenvalue weighted by atomic mass is 9.67. The van der Waals surface area contributed by atoms with E-state index in [1.165, 1.54) is 55.6 Å². The summed E-state index contributed by atoms with van der Waals surface area (Å²) in [7, 11) is 0. The fourth-order valence-corrected chi connectivity index (χ4v) is 6.71. The molecule has 1 nitrogen and oxygen atoms in total. The van der Waals surface area contributed by atoms with Gasteiger partial charge in [0.15, 0.2) is 0 Å². The molecule has 0 saturated carbocycles. The Morgan fingerprint density at radius 1 is 0.542 bits per heavy atom. The maximum Gasteiger partial charge on any atom is 0.135 e. The lowest BCUT2D eigenvalue weighted by Crippen LogP contribution is -2.28. The van der Waals surface area contributed by atoms with Gasteiger partial charge in [0.2, 0.25) is 0 Å². The average Bonchev–Trinajstić information content (AvgIpc) is 3.67. The second-order valence-electron chi connectivity index (χ2n) is 12.4. The van der Waals surface area contributed by atoms with Crippen LogP contribution in [0.25, 0.3) is 28.2 Å². The molecule has 236 valence electrons. The number of rotatable bonds is 5. The van der Waals surface area contributed by atoms with Crippen molar-refractivity contribution in [1.82, 2.24) is 0 Å². The van der Waals surface area contributed by atoms with Gasteiger partial charge in [0.1, 0.15) is 11.3 Å². The minimum absolute atomic E-state index is 0.263. The van der Waals surface area contributed by atoms with Crippen molar-refractivity contribution in [1.29, 1.82) is 0 Å². The van der Waals surface area contributed by atoms with E-state index in [9.17, 15) is 0 Å². The van der Waals surface area contributed by atoms with Crippen molar-refractivity contribution < 1.29 is 4.42 Å². The summed E-state index contributed by atoms with van der Waals surface area (Å²) in [6, 6.07) is 54.3. The monoisotopic (exact) mass is 622 g/mol. The number of hydrogen-bond donors (Lipinski definition) is 0. The number of hydrogen-bond acceptors (Lipinski definition) is 1. The molecular weight excluding hydrogens is 581 g/mol. The van der Waals surface area contributed by atoms with Gasteiger partial charge >= 0.3 is 0 Å². The second kappa shape index (κ2) is 14.4. The van der Waals surface area contributed by atoms with Gasteiger partial charge < -0.3 is 4.42 Å². The Labute approximate surface area is 285 Å². The highest BCUT2D eigenvalue weighted by Gasteiger charge is 2.45. The highest BCUT2D eigenvalue weighted by Crippen LogP contribution is 2.56. The van der Waals surface area contributed by atoms with Crippen LogP contribution in [0.15, 0.2) is 175 Å². The molecule has 0 atom stereocenters. The molecule has 1 aliphatic rings. The predicted molar refractivity (Wildman–Crippen MR) is 205 cm³/mol. The summed E-state index contributed by atoms with van der Waals surface area (Å²) >= 11 is 0. The van der Waals surface area contributed by atoms with E-state index in [1.54, 1.807) is 6.08 Å². The quantitative estimate of drug-likeness (QED) is 0.174. The van der Waals surface area contributed by atoms with Crippen LogP contribution in [0.5, 0.6) is 0 Å². The van der Waals surface area contributed by atoms with Crippen molar-refractivity contribution in [2.24, 2.45) is 0 Å². The molecule has 0 amide bonds. The Balaban J connectivity index is 0.000000151. The summed E-state index contributed by atoms with van der Waals surface area (Å²) in [6.45, 7) is 13.7. The van der Waals surface area contributed by atoms with Gasteiger partial charge in [0.05, 0.1) is 5.41 Å². The van der Waals surface area contributed by atoms with E-state index in [0.29, 0.717) is 0 Å². The van der Waals surface area contributed by atoms with Crippen LogP contribution in [0, 0.1) is 20.8 Å². The molecule has 0 spiro atoms. The lowest BCUT2D eigenvalue weighted by molar-refractivity contribution is 0.604. The van der Waals surface area contributed by atoms with E-state index in [2.05, 4.69) is 173 Å². The molecular formula is C47H42O. The first-order valence-electron chi connectivity index (χ1n) is 16.5. The fraction of sp³-hybridized carbons (Fsp3) is 0.106. The molecule has 0 bridgehead atoms. The van der Waals surface area contributed by atoms with Crippen molar-refractivity contribution in [3.63, 3.8) is 0 Å². The zero-order chi connectivity index (χ0) is 33.5. The SMILES string of the molecule is C=CCc1ccc(C)cc1.C=Cc1cc2ccc(C)cc2o1.Cc1ccc2c(c1)C(c1ccccc1)(c1ccccc1)c1ccccc1-2. The first-order valence-corrected chi connectivity index (χ1v) is 16.5. The molecule has 0 saturated heterocycles. The van der Waals surface area contributed by atoms with E-state index in [0.717, 1.165) is 23.2 Å². The Hall–Kier alpha value is -5.66. The summed E-state index contributed by atoms with van der Waals surface area (Å²) in [6.07, 6.45) is 4.61. The van der Waals surface area contributed by atoms with Crippen LogP contribution in [0.2, 0.25) is 0 Å². The van der Waals surface area contributed by atoms with E-state index < -0.39 is 0 Å². The van der Waals surface area contributed by atoms with Crippen LogP contribution in [0.4, 0.5) is 0 Å². The zero-order valence-electron chi connectivity index (χ0n) is 28.1. The minimum atomic E-state index is -0.263. The Kier molecular flexibility index (Phi) is 9.69. The molecule has 0 N–H and O–H groups in total. The summed E-state index contributed by atoms with van der Waals surface area (Å²) < 4.78 is 5.48. The fourth-order valence-electron chi connectivity index (χ4n) is 6.71. The van der Waals surface area contributed by atoms with Gasteiger partial charge in [-0.2, -0.15) is 0 Å². The van der Waals surface area contributed by atoms with E-state index in [4.69, 9.17) is 4.42 Å². The highest BCUT2D eigenvalue weighted by molar-refractivity contribution is 5.86. The van der Waals surface area contributed by atoms with E-state index >= 15 is 0 Å². The maximum atomic E-state index is 5.48. The lowest BCUT2D eigenvalue weighted by Gasteiger charge is -2.34. The number of furan rings is 1. The molecule has 6 aromatic carbocycles.